The highest BCUT2D eigenvalue weighted by Gasteiger charge is 2.28. The number of amides is 1. The Hall–Kier alpha value is -2.70. The molecule has 1 saturated carbocycles. The second-order valence-corrected chi connectivity index (χ2v) is 5.00. The van der Waals surface area contributed by atoms with Gasteiger partial charge >= 0.3 is 5.97 Å². The van der Waals surface area contributed by atoms with Crippen molar-refractivity contribution < 1.29 is 14.7 Å². The molecule has 3 N–H and O–H groups in total. The summed E-state index contributed by atoms with van der Waals surface area (Å²) >= 11 is 0. The number of carbonyl (C=O) groups is 2. The van der Waals surface area contributed by atoms with Crippen LogP contribution in [-0.2, 0) is 6.54 Å². The van der Waals surface area contributed by atoms with Crippen LogP contribution >= 0.6 is 0 Å². The molecule has 1 amide bonds. The van der Waals surface area contributed by atoms with Crippen LogP contribution in [0.15, 0.2) is 24.3 Å². The van der Waals surface area contributed by atoms with Crippen LogP contribution < -0.4 is 5.32 Å². The minimum Gasteiger partial charge on any atom is -0.478 e. The van der Waals surface area contributed by atoms with E-state index >= 15 is 0 Å². The summed E-state index contributed by atoms with van der Waals surface area (Å²) in [5.41, 5.74) is 1.03. The van der Waals surface area contributed by atoms with Gasteiger partial charge in [0.15, 0.2) is 0 Å². The van der Waals surface area contributed by atoms with Crippen molar-refractivity contribution in [1.82, 2.24) is 20.5 Å². The number of carboxylic acid groups (broad SMARTS) is 1. The number of carbonyl (C=O) groups excluding carboxylic acids is 1. The summed E-state index contributed by atoms with van der Waals surface area (Å²) in [4.78, 5) is 26.8. The van der Waals surface area contributed by atoms with Crippen molar-refractivity contribution in [2.24, 2.45) is 0 Å². The fraction of sp³-hybridized carbons (Fsp3) is 0.286. The SMILES string of the molecule is O=C(O)c1ccc(CNC(=O)c2n[nH]c(C3CC3)n2)cc1. The van der Waals surface area contributed by atoms with E-state index in [-0.39, 0.29) is 17.3 Å². The van der Waals surface area contributed by atoms with E-state index in [1.165, 1.54) is 12.1 Å². The molecule has 0 unspecified atom stereocenters. The lowest BCUT2D eigenvalue weighted by atomic mass is 10.1. The van der Waals surface area contributed by atoms with Crippen molar-refractivity contribution in [2.75, 3.05) is 0 Å². The van der Waals surface area contributed by atoms with Crippen LogP contribution in [0.5, 0.6) is 0 Å². The molecule has 7 heteroatoms. The van der Waals surface area contributed by atoms with Gasteiger partial charge in [0.25, 0.3) is 5.91 Å². The number of H-pyrrole nitrogens is 1. The zero-order valence-corrected chi connectivity index (χ0v) is 11.2. The Morgan fingerprint density at radius 2 is 2.00 bits per heavy atom. The first-order valence-electron chi connectivity index (χ1n) is 6.66. The second-order valence-electron chi connectivity index (χ2n) is 5.00. The Kier molecular flexibility index (Phi) is 3.39. The van der Waals surface area contributed by atoms with Gasteiger partial charge in [0.05, 0.1) is 5.56 Å². The van der Waals surface area contributed by atoms with E-state index in [1.807, 2.05) is 0 Å². The molecule has 7 nitrogen and oxygen atoms in total. The third kappa shape index (κ3) is 3.07. The van der Waals surface area contributed by atoms with E-state index in [0.29, 0.717) is 12.5 Å². The molecule has 1 aromatic carbocycles. The van der Waals surface area contributed by atoms with Crippen LogP contribution in [0.2, 0.25) is 0 Å². The van der Waals surface area contributed by atoms with E-state index in [9.17, 15) is 9.59 Å². The van der Waals surface area contributed by atoms with Crippen molar-refractivity contribution in [3.63, 3.8) is 0 Å². The molecule has 1 heterocycles. The molecule has 1 aromatic heterocycles. The number of hydrogen-bond acceptors (Lipinski definition) is 4. The lowest BCUT2D eigenvalue weighted by molar-refractivity contribution is 0.0696. The van der Waals surface area contributed by atoms with Crippen molar-refractivity contribution >= 4 is 11.9 Å². The molecule has 0 bridgehead atoms. The van der Waals surface area contributed by atoms with Gasteiger partial charge in [0.2, 0.25) is 5.82 Å². The summed E-state index contributed by atoms with van der Waals surface area (Å²) < 4.78 is 0. The molecule has 21 heavy (non-hydrogen) atoms. The van der Waals surface area contributed by atoms with Gasteiger partial charge in [0.1, 0.15) is 5.82 Å². The molecule has 0 atom stereocenters. The summed E-state index contributed by atoms with van der Waals surface area (Å²) in [7, 11) is 0. The number of benzene rings is 1. The number of aromatic amines is 1. The Morgan fingerprint density at radius 1 is 1.29 bits per heavy atom. The van der Waals surface area contributed by atoms with Crippen LogP contribution in [0, 0.1) is 0 Å². The lowest BCUT2D eigenvalue weighted by Gasteiger charge is -2.03. The molecule has 1 aliphatic rings. The van der Waals surface area contributed by atoms with Gasteiger partial charge in [-0.15, -0.1) is 5.10 Å². The fourth-order valence-corrected chi connectivity index (χ4v) is 1.94. The zero-order chi connectivity index (χ0) is 14.8. The smallest absolute Gasteiger partial charge is 0.335 e. The zero-order valence-electron chi connectivity index (χ0n) is 11.2. The minimum absolute atomic E-state index is 0.138. The van der Waals surface area contributed by atoms with Crippen LogP contribution in [-0.4, -0.2) is 32.2 Å². The van der Waals surface area contributed by atoms with Gasteiger partial charge in [-0.3, -0.25) is 9.89 Å². The fourth-order valence-electron chi connectivity index (χ4n) is 1.94. The largest absolute Gasteiger partial charge is 0.478 e. The average molecular weight is 286 g/mol. The van der Waals surface area contributed by atoms with Gasteiger partial charge in [-0.25, -0.2) is 9.78 Å². The van der Waals surface area contributed by atoms with Crippen molar-refractivity contribution in [1.29, 1.82) is 0 Å². The highest BCUT2D eigenvalue weighted by molar-refractivity contribution is 5.90. The first-order chi connectivity index (χ1) is 10.1. The van der Waals surface area contributed by atoms with Crippen molar-refractivity contribution in [3.05, 3.63) is 47.0 Å². The van der Waals surface area contributed by atoms with Gasteiger partial charge in [-0.2, -0.15) is 0 Å². The molecule has 1 aliphatic carbocycles. The Labute approximate surface area is 120 Å². The number of hydrogen-bond donors (Lipinski definition) is 3. The lowest BCUT2D eigenvalue weighted by Crippen LogP contribution is -2.24. The number of aromatic carboxylic acids is 1. The second kappa shape index (κ2) is 5.35. The maximum Gasteiger partial charge on any atom is 0.335 e. The molecular formula is C14H14N4O3. The van der Waals surface area contributed by atoms with Gasteiger partial charge < -0.3 is 10.4 Å². The number of nitrogens with one attached hydrogen (secondary N) is 2. The van der Waals surface area contributed by atoms with Gasteiger partial charge in [0, 0.05) is 12.5 Å². The number of carboxylic acids is 1. The first-order valence-corrected chi connectivity index (χ1v) is 6.66. The van der Waals surface area contributed by atoms with Crippen LogP contribution in [0.4, 0.5) is 0 Å². The molecule has 2 aromatic rings. The summed E-state index contributed by atoms with van der Waals surface area (Å²) in [6.45, 7) is 0.298. The third-order valence-electron chi connectivity index (χ3n) is 3.32. The highest BCUT2D eigenvalue weighted by atomic mass is 16.4. The molecule has 0 aliphatic heterocycles. The molecular weight excluding hydrogens is 272 g/mol. The normalized spacial score (nSPS) is 13.9. The number of nitrogens with zero attached hydrogens (tertiary/aromatic N) is 2. The maximum absolute atomic E-state index is 11.9. The monoisotopic (exact) mass is 286 g/mol. The highest BCUT2D eigenvalue weighted by Crippen LogP contribution is 2.37. The maximum atomic E-state index is 11.9. The van der Waals surface area contributed by atoms with Crippen molar-refractivity contribution in [3.8, 4) is 0 Å². The Morgan fingerprint density at radius 3 is 2.62 bits per heavy atom. The van der Waals surface area contributed by atoms with Crippen LogP contribution in [0.3, 0.4) is 0 Å². The first kappa shape index (κ1) is 13.3. The molecule has 0 saturated heterocycles. The average Bonchev–Trinajstić information content (AvgIpc) is 3.22. The standard InChI is InChI=1S/C14H14N4O3/c19-13(12-16-11(17-18-12)9-5-6-9)15-7-8-1-3-10(4-2-8)14(20)21/h1-4,9H,5-7H2,(H,15,19)(H,20,21)(H,16,17,18). The summed E-state index contributed by atoms with van der Waals surface area (Å²) in [6.07, 6.45) is 2.18. The Bertz CT molecular complexity index is 674. The predicted octanol–water partition coefficient (Wildman–Crippen LogP) is 1.31. The van der Waals surface area contributed by atoms with Gasteiger partial charge in [-0.1, -0.05) is 12.1 Å². The third-order valence-corrected chi connectivity index (χ3v) is 3.32. The van der Waals surface area contributed by atoms with Crippen LogP contribution in [0.25, 0.3) is 0 Å². The number of rotatable bonds is 5. The van der Waals surface area contributed by atoms with E-state index in [4.69, 9.17) is 5.11 Å². The quantitative estimate of drug-likeness (QED) is 0.768. The van der Waals surface area contributed by atoms with E-state index in [2.05, 4.69) is 20.5 Å². The van der Waals surface area contributed by atoms with E-state index in [1.54, 1.807) is 12.1 Å². The predicted molar refractivity (Wildman–Crippen MR) is 72.9 cm³/mol. The molecule has 3 rings (SSSR count). The van der Waals surface area contributed by atoms with Crippen molar-refractivity contribution in [2.45, 2.75) is 25.3 Å². The number of aromatic nitrogens is 3. The minimum atomic E-state index is -0.973. The molecule has 108 valence electrons. The molecule has 1 fully saturated rings. The Balaban J connectivity index is 1.58. The topological polar surface area (TPSA) is 108 Å². The summed E-state index contributed by atoms with van der Waals surface area (Å²) in [6, 6.07) is 6.33. The summed E-state index contributed by atoms with van der Waals surface area (Å²) in [5, 5.41) is 18.2. The van der Waals surface area contributed by atoms with Crippen LogP contribution in [0.1, 0.15) is 51.1 Å². The summed E-state index contributed by atoms with van der Waals surface area (Å²) in [5.74, 6) is 0.00649. The molecule has 0 radical (unpaired) electrons. The van der Waals surface area contributed by atoms with Gasteiger partial charge in [-0.05, 0) is 30.5 Å². The van der Waals surface area contributed by atoms with E-state index < -0.39 is 5.97 Å². The molecule has 0 spiro atoms. The van der Waals surface area contributed by atoms with E-state index in [0.717, 1.165) is 24.2 Å².